The summed E-state index contributed by atoms with van der Waals surface area (Å²) in [5.74, 6) is -1.48. The SMILES string of the molecule is O=C(Oc1ccc([N+](=O)[O-])cc1[N+](=O)[O-])c1ccc([N+](=O)[O-])cc1. The van der Waals surface area contributed by atoms with Crippen molar-refractivity contribution < 1.29 is 24.3 Å². The molecule has 122 valence electrons. The molecule has 0 atom stereocenters. The summed E-state index contributed by atoms with van der Waals surface area (Å²) < 4.78 is 4.85. The van der Waals surface area contributed by atoms with Gasteiger partial charge in [0, 0.05) is 18.2 Å². The number of esters is 1. The molecule has 0 saturated heterocycles. The minimum absolute atomic E-state index is 0.0757. The predicted octanol–water partition coefficient (Wildman–Crippen LogP) is 2.63. The molecule has 0 saturated carbocycles. The molecule has 0 aliphatic heterocycles. The van der Waals surface area contributed by atoms with E-state index in [2.05, 4.69) is 0 Å². The normalized spacial score (nSPS) is 10.0. The second-order valence-electron chi connectivity index (χ2n) is 4.36. The number of nitrogens with zero attached hydrogens (tertiary/aromatic N) is 3. The lowest BCUT2D eigenvalue weighted by Crippen LogP contribution is -2.10. The fraction of sp³-hybridized carbons (Fsp3) is 0. The van der Waals surface area contributed by atoms with Crippen LogP contribution in [0.25, 0.3) is 0 Å². The molecule has 11 nitrogen and oxygen atoms in total. The average Bonchev–Trinajstić information content (AvgIpc) is 2.54. The van der Waals surface area contributed by atoms with Crippen LogP contribution in [0.4, 0.5) is 17.1 Å². The van der Waals surface area contributed by atoms with Crippen LogP contribution in [0.15, 0.2) is 42.5 Å². The van der Waals surface area contributed by atoms with Crippen molar-refractivity contribution in [3.8, 4) is 5.75 Å². The Morgan fingerprint density at radius 2 is 1.33 bits per heavy atom. The Hall–Kier alpha value is -3.89. The molecule has 0 spiro atoms. The zero-order valence-electron chi connectivity index (χ0n) is 11.6. The van der Waals surface area contributed by atoms with E-state index in [-0.39, 0.29) is 11.3 Å². The van der Waals surface area contributed by atoms with Crippen LogP contribution in [-0.4, -0.2) is 20.7 Å². The van der Waals surface area contributed by atoms with Crippen molar-refractivity contribution >= 4 is 23.0 Å². The van der Waals surface area contributed by atoms with Gasteiger partial charge in [0.25, 0.3) is 11.4 Å². The predicted molar refractivity (Wildman–Crippen MR) is 77.8 cm³/mol. The van der Waals surface area contributed by atoms with Crippen molar-refractivity contribution in [2.45, 2.75) is 0 Å². The Morgan fingerprint density at radius 3 is 1.83 bits per heavy atom. The lowest BCUT2D eigenvalue weighted by molar-refractivity contribution is -0.394. The van der Waals surface area contributed by atoms with Crippen molar-refractivity contribution in [1.29, 1.82) is 0 Å². The van der Waals surface area contributed by atoms with E-state index in [4.69, 9.17) is 4.74 Å². The van der Waals surface area contributed by atoms with E-state index in [9.17, 15) is 35.1 Å². The van der Waals surface area contributed by atoms with Gasteiger partial charge in [-0.25, -0.2) is 4.79 Å². The maximum Gasteiger partial charge on any atom is 0.343 e. The highest BCUT2D eigenvalue weighted by atomic mass is 16.6. The number of carbonyl (C=O) groups excluding carboxylic acids is 1. The topological polar surface area (TPSA) is 156 Å². The third-order valence-corrected chi connectivity index (χ3v) is 2.87. The van der Waals surface area contributed by atoms with Crippen LogP contribution in [0.3, 0.4) is 0 Å². The molecule has 0 radical (unpaired) electrons. The van der Waals surface area contributed by atoms with Gasteiger partial charge < -0.3 is 4.74 Å². The van der Waals surface area contributed by atoms with Crippen molar-refractivity contribution in [2.75, 3.05) is 0 Å². The summed E-state index contributed by atoms with van der Waals surface area (Å²) in [4.78, 5) is 41.7. The molecule has 0 bridgehead atoms. The third kappa shape index (κ3) is 3.47. The van der Waals surface area contributed by atoms with Crippen molar-refractivity contribution in [1.82, 2.24) is 0 Å². The van der Waals surface area contributed by atoms with Gasteiger partial charge in [0.1, 0.15) is 0 Å². The molecule has 0 amide bonds. The Labute approximate surface area is 132 Å². The molecule has 0 aliphatic carbocycles. The van der Waals surface area contributed by atoms with Crippen molar-refractivity contribution in [3.05, 3.63) is 78.4 Å². The van der Waals surface area contributed by atoms with Gasteiger partial charge in [0.2, 0.25) is 5.75 Å². The number of rotatable bonds is 5. The molecule has 0 aromatic heterocycles. The number of ether oxygens (including phenoxy) is 1. The number of hydrogen-bond donors (Lipinski definition) is 0. The number of non-ortho nitro benzene ring substituents is 2. The molecule has 2 aromatic carbocycles. The maximum atomic E-state index is 11.9. The lowest BCUT2D eigenvalue weighted by atomic mass is 10.2. The molecule has 2 rings (SSSR count). The van der Waals surface area contributed by atoms with Gasteiger partial charge in [-0.3, -0.25) is 30.3 Å². The summed E-state index contributed by atoms with van der Waals surface area (Å²) in [5.41, 5.74) is -1.60. The first kappa shape index (κ1) is 16.5. The Morgan fingerprint density at radius 1 is 0.792 bits per heavy atom. The maximum absolute atomic E-state index is 11.9. The highest BCUT2D eigenvalue weighted by Gasteiger charge is 2.23. The smallest absolute Gasteiger partial charge is 0.343 e. The Bertz CT molecular complexity index is 847. The monoisotopic (exact) mass is 333 g/mol. The van der Waals surface area contributed by atoms with Gasteiger partial charge >= 0.3 is 11.7 Å². The summed E-state index contributed by atoms with van der Waals surface area (Å²) in [6.07, 6.45) is 0. The highest BCUT2D eigenvalue weighted by molar-refractivity contribution is 5.91. The summed E-state index contributed by atoms with van der Waals surface area (Å²) in [6.45, 7) is 0. The van der Waals surface area contributed by atoms with Gasteiger partial charge in [0.15, 0.2) is 0 Å². The van der Waals surface area contributed by atoms with Crippen molar-refractivity contribution in [3.63, 3.8) is 0 Å². The Kier molecular flexibility index (Phi) is 4.45. The van der Waals surface area contributed by atoms with E-state index in [1.54, 1.807) is 0 Å². The molecule has 2 aromatic rings. The summed E-state index contributed by atoms with van der Waals surface area (Å²) in [5, 5.41) is 32.1. The zero-order valence-corrected chi connectivity index (χ0v) is 11.6. The zero-order chi connectivity index (χ0) is 17.9. The van der Waals surface area contributed by atoms with Crippen LogP contribution >= 0.6 is 0 Å². The molecule has 0 heterocycles. The van der Waals surface area contributed by atoms with Gasteiger partial charge in [-0.2, -0.15) is 0 Å². The average molecular weight is 333 g/mol. The standard InChI is InChI=1S/C13H7N3O8/c17-13(8-1-3-9(4-2-8)14(18)19)24-12-6-5-10(15(20)21)7-11(12)16(22)23/h1-7H. The van der Waals surface area contributed by atoms with E-state index in [1.165, 1.54) is 0 Å². The van der Waals surface area contributed by atoms with E-state index >= 15 is 0 Å². The van der Waals surface area contributed by atoms with E-state index in [1.807, 2.05) is 0 Å². The summed E-state index contributed by atoms with van der Waals surface area (Å²) in [6, 6.07) is 6.93. The van der Waals surface area contributed by atoms with Crippen LogP contribution in [0.2, 0.25) is 0 Å². The van der Waals surface area contributed by atoms with Crippen LogP contribution in [0, 0.1) is 30.3 Å². The molecule has 0 N–H and O–H groups in total. The molecule has 24 heavy (non-hydrogen) atoms. The first-order valence-electron chi connectivity index (χ1n) is 6.19. The number of nitro groups is 3. The molecule has 0 fully saturated rings. The fourth-order valence-corrected chi connectivity index (χ4v) is 1.73. The minimum Gasteiger partial charge on any atom is -0.416 e. The van der Waals surface area contributed by atoms with Crippen LogP contribution in [0.5, 0.6) is 5.75 Å². The third-order valence-electron chi connectivity index (χ3n) is 2.87. The second kappa shape index (κ2) is 6.48. The van der Waals surface area contributed by atoms with Gasteiger partial charge in [-0.1, -0.05) is 0 Å². The molecule has 11 heteroatoms. The fourth-order valence-electron chi connectivity index (χ4n) is 1.73. The van der Waals surface area contributed by atoms with Crippen molar-refractivity contribution in [2.24, 2.45) is 0 Å². The highest BCUT2D eigenvalue weighted by Crippen LogP contribution is 2.31. The quantitative estimate of drug-likeness (QED) is 0.350. The van der Waals surface area contributed by atoms with Crippen LogP contribution in [0.1, 0.15) is 10.4 Å². The van der Waals surface area contributed by atoms with E-state index in [0.29, 0.717) is 6.07 Å². The van der Waals surface area contributed by atoms with Gasteiger partial charge in [-0.05, 0) is 18.2 Å². The Balaban J connectivity index is 2.29. The van der Waals surface area contributed by atoms with Crippen LogP contribution in [-0.2, 0) is 0 Å². The molecule has 0 unspecified atom stereocenters. The van der Waals surface area contributed by atoms with Gasteiger partial charge in [-0.15, -0.1) is 0 Å². The van der Waals surface area contributed by atoms with E-state index < -0.39 is 37.9 Å². The minimum atomic E-state index is -0.998. The van der Waals surface area contributed by atoms with E-state index in [0.717, 1.165) is 36.4 Å². The summed E-state index contributed by atoms with van der Waals surface area (Å²) >= 11 is 0. The van der Waals surface area contributed by atoms with Crippen LogP contribution < -0.4 is 4.74 Å². The number of carbonyl (C=O) groups is 1. The second-order valence-corrected chi connectivity index (χ2v) is 4.36. The lowest BCUT2D eigenvalue weighted by Gasteiger charge is -2.05. The first-order chi connectivity index (χ1) is 11.3. The first-order valence-corrected chi connectivity index (χ1v) is 6.19. The number of benzene rings is 2. The molecular weight excluding hydrogens is 326 g/mol. The molecule has 0 aliphatic rings. The largest absolute Gasteiger partial charge is 0.416 e. The molecular formula is C13H7N3O8. The summed E-state index contributed by atoms with van der Waals surface area (Å²) in [7, 11) is 0. The van der Waals surface area contributed by atoms with Gasteiger partial charge in [0.05, 0.1) is 26.4 Å². The number of nitro benzene ring substituents is 3. The number of hydrogen-bond acceptors (Lipinski definition) is 8.